The van der Waals surface area contributed by atoms with Gasteiger partial charge in [0.05, 0.1) is 3.79 Å². The zero-order valence-corrected chi connectivity index (χ0v) is 11.5. The maximum absolute atomic E-state index is 6.19. The van der Waals surface area contributed by atoms with Crippen molar-refractivity contribution in [3.8, 4) is 0 Å². The third-order valence-electron chi connectivity index (χ3n) is 3.40. The van der Waals surface area contributed by atoms with Crippen molar-refractivity contribution >= 4 is 27.3 Å². The Morgan fingerprint density at radius 2 is 2.27 bits per heavy atom. The lowest BCUT2D eigenvalue weighted by molar-refractivity contribution is 0.245. The summed E-state index contributed by atoms with van der Waals surface area (Å²) in [5, 5.41) is 0. The third-order valence-corrected chi connectivity index (χ3v) is 5.04. The summed E-state index contributed by atoms with van der Waals surface area (Å²) in [6, 6.07) is 4.78. The molecule has 0 spiro atoms. The first kappa shape index (κ1) is 11.6. The Bertz CT molecular complexity index is 323. The molecule has 1 aromatic heterocycles. The number of thiophene rings is 1. The quantitative estimate of drug-likeness (QED) is 0.879. The fraction of sp³-hybridized carbons (Fsp3) is 0.667. The molecule has 1 aliphatic carbocycles. The summed E-state index contributed by atoms with van der Waals surface area (Å²) in [6.45, 7) is 2.35. The summed E-state index contributed by atoms with van der Waals surface area (Å²) in [5.41, 5.74) is 6.19. The van der Waals surface area contributed by atoms with Gasteiger partial charge in [-0.05, 0) is 65.6 Å². The van der Waals surface area contributed by atoms with E-state index in [1.807, 2.05) is 11.3 Å². The molecular weight excluding hydrogens is 270 g/mol. The van der Waals surface area contributed by atoms with E-state index >= 15 is 0 Å². The maximum atomic E-state index is 6.19. The lowest BCUT2D eigenvalue weighted by atomic mass is 9.77. The van der Waals surface area contributed by atoms with E-state index in [0.29, 0.717) is 12.0 Å². The Kier molecular flexibility index (Phi) is 3.86. The summed E-state index contributed by atoms with van der Waals surface area (Å²) < 4.78 is 1.23. The minimum absolute atomic E-state index is 0.419. The average Bonchev–Trinajstić information content (AvgIpc) is 2.58. The first-order valence-electron chi connectivity index (χ1n) is 5.65. The van der Waals surface area contributed by atoms with Crippen molar-refractivity contribution in [2.24, 2.45) is 17.6 Å². The highest BCUT2D eigenvalue weighted by Gasteiger charge is 2.26. The molecule has 1 nitrogen and oxygen atoms in total. The molecule has 2 rings (SSSR count). The van der Waals surface area contributed by atoms with Crippen LogP contribution in [0.4, 0.5) is 0 Å². The highest BCUT2D eigenvalue weighted by Crippen LogP contribution is 2.32. The monoisotopic (exact) mass is 287 g/mol. The van der Waals surface area contributed by atoms with Crippen LogP contribution in [0.1, 0.15) is 31.1 Å². The Morgan fingerprint density at radius 3 is 2.93 bits per heavy atom. The fourth-order valence-corrected chi connectivity index (χ4v) is 4.05. The van der Waals surface area contributed by atoms with Gasteiger partial charge in [0.15, 0.2) is 0 Å². The number of halogens is 1. The van der Waals surface area contributed by atoms with E-state index in [1.165, 1.54) is 34.3 Å². The molecule has 0 radical (unpaired) electrons. The van der Waals surface area contributed by atoms with E-state index < -0.39 is 0 Å². The highest BCUT2D eigenvalue weighted by atomic mass is 79.9. The molecule has 1 fully saturated rings. The van der Waals surface area contributed by atoms with Crippen molar-refractivity contribution < 1.29 is 0 Å². The summed E-state index contributed by atoms with van der Waals surface area (Å²) in [4.78, 5) is 1.47. The summed E-state index contributed by atoms with van der Waals surface area (Å²) >= 11 is 5.36. The molecule has 0 bridgehead atoms. The van der Waals surface area contributed by atoms with Crippen molar-refractivity contribution in [1.82, 2.24) is 0 Å². The Balaban J connectivity index is 1.98. The van der Waals surface area contributed by atoms with Gasteiger partial charge in [0, 0.05) is 10.9 Å². The fourth-order valence-electron chi connectivity index (χ4n) is 2.48. The standard InChI is InChI=1S/C12H18BrNS/c1-8-2-4-11(14)9(6-8)7-10-3-5-12(13)15-10/h3,5,8-9,11H,2,4,6-7,14H2,1H3. The molecule has 3 heteroatoms. The van der Waals surface area contributed by atoms with Crippen LogP contribution in [0.5, 0.6) is 0 Å². The lowest BCUT2D eigenvalue weighted by Gasteiger charge is -2.32. The van der Waals surface area contributed by atoms with E-state index in [4.69, 9.17) is 5.73 Å². The van der Waals surface area contributed by atoms with Gasteiger partial charge >= 0.3 is 0 Å². The first-order chi connectivity index (χ1) is 7.15. The summed E-state index contributed by atoms with van der Waals surface area (Å²) in [7, 11) is 0. The van der Waals surface area contributed by atoms with Gasteiger partial charge in [0.1, 0.15) is 0 Å². The molecule has 0 aromatic carbocycles. The highest BCUT2D eigenvalue weighted by molar-refractivity contribution is 9.11. The van der Waals surface area contributed by atoms with Gasteiger partial charge in [0.2, 0.25) is 0 Å². The molecule has 1 heterocycles. The molecule has 3 atom stereocenters. The van der Waals surface area contributed by atoms with E-state index in [-0.39, 0.29) is 0 Å². The molecule has 3 unspecified atom stereocenters. The van der Waals surface area contributed by atoms with Crippen LogP contribution >= 0.6 is 27.3 Å². The lowest BCUT2D eigenvalue weighted by Crippen LogP contribution is -2.36. The maximum Gasteiger partial charge on any atom is 0.0701 e. The molecule has 15 heavy (non-hydrogen) atoms. The molecule has 0 amide bonds. The predicted molar refractivity (Wildman–Crippen MR) is 70.2 cm³/mol. The zero-order chi connectivity index (χ0) is 10.8. The SMILES string of the molecule is CC1CCC(N)C(Cc2ccc(Br)s2)C1. The number of hydrogen-bond donors (Lipinski definition) is 1. The predicted octanol–water partition coefficient (Wildman–Crippen LogP) is 3.82. The van der Waals surface area contributed by atoms with Gasteiger partial charge in [-0.3, -0.25) is 0 Å². The molecule has 1 aliphatic rings. The van der Waals surface area contributed by atoms with Crippen LogP contribution in [0, 0.1) is 11.8 Å². The Hall–Kier alpha value is 0.140. The minimum Gasteiger partial charge on any atom is -0.327 e. The van der Waals surface area contributed by atoms with E-state index in [9.17, 15) is 0 Å². The Labute approximate surface area is 104 Å². The van der Waals surface area contributed by atoms with Crippen molar-refractivity contribution in [2.75, 3.05) is 0 Å². The molecule has 1 aromatic rings. The van der Waals surface area contributed by atoms with Crippen molar-refractivity contribution in [1.29, 1.82) is 0 Å². The van der Waals surface area contributed by atoms with Crippen LogP contribution in [0.15, 0.2) is 15.9 Å². The van der Waals surface area contributed by atoms with Crippen LogP contribution < -0.4 is 5.73 Å². The van der Waals surface area contributed by atoms with Gasteiger partial charge in [-0.1, -0.05) is 6.92 Å². The molecule has 0 aliphatic heterocycles. The molecular formula is C12H18BrNS. The van der Waals surface area contributed by atoms with Crippen LogP contribution in [0.3, 0.4) is 0 Å². The number of nitrogens with two attached hydrogens (primary N) is 1. The normalized spacial score (nSPS) is 31.8. The second-order valence-corrected chi connectivity index (χ2v) is 7.30. The Morgan fingerprint density at radius 1 is 1.47 bits per heavy atom. The van der Waals surface area contributed by atoms with Crippen molar-refractivity contribution in [2.45, 2.75) is 38.6 Å². The van der Waals surface area contributed by atoms with Gasteiger partial charge < -0.3 is 5.73 Å². The minimum atomic E-state index is 0.419. The largest absolute Gasteiger partial charge is 0.327 e. The third kappa shape index (κ3) is 3.05. The second kappa shape index (κ2) is 4.98. The smallest absolute Gasteiger partial charge is 0.0701 e. The number of hydrogen-bond acceptors (Lipinski definition) is 2. The van der Waals surface area contributed by atoms with E-state index in [2.05, 4.69) is 35.0 Å². The molecule has 0 saturated heterocycles. The number of rotatable bonds is 2. The van der Waals surface area contributed by atoms with Gasteiger partial charge in [-0.25, -0.2) is 0 Å². The molecule has 84 valence electrons. The van der Waals surface area contributed by atoms with Crippen molar-refractivity contribution in [3.05, 3.63) is 20.8 Å². The average molecular weight is 288 g/mol. The molecule has 2 N–H and O–H groups in total. The zero-order valence-electron chi connectivity index (χ0n) is 9.08. The van der Waals surface area contributed by atoms with Crippen LogP contribution in [-0.2, 0) is 6.42 Å². The van der Waals surface area contributed by atoms with Crippen molar-refractivity contribution in [3.63, 3.8) is 0 Å². The van der Waals surface area contributed by atoms with E-state index in [0.717, 1.165) is 5.92 Å². The van der Waals surface area contributed by atoms with E-state index in [1.54, 1.807) is 0 Å². The van der Waals surface area contributed by atoms with Crippen LogP contribution in [0.2, 0.25) is 0 Å². The van der Waals surface area contributed by atoms with Gasteiger partial charge in [0.25, 0.3) is 0 Å². The van der Waals surface area contributed by atoms with Gasteiger partial charge in [-0.15, -0.1) is 11.3 Å². The van der Waals surface area contributed by atoms with Crippen LogP contribution in [0.25, 0.3) is 0 Å². The first-order valence-corrected chi connectivity index (χ1v) is 7.26. The topological polar surface area (TPSA) is 26.0 Å². The molecule has 1 saturated carbocycles. The second-order valence-electron chi connectivity index (χ2n) is 4.75. The summed E-state index contributed by atoms with van der Waals surface area (Å²) in [6.07, 6.45) is 4.99. The summed E-state index contributed by atoms with van der Waals surface area (Å²) in [5.74, 6) is 1.55. The van der Waals surface area contributed by atoms with Crippen LogP contribution in [-0.4, -0.2) is 6.04 Å². The van der Waals surface area contributed by atoms with Gasteiger partial charge in [-0.2, -0.15) is 0 Å².